The van der Waals surface area contributed by atoms with E-state index in [9.17, 15) is 24.0 Å². The zero-order valence-corrected chi connectivity index (χ0v) is 23.8. The fraction of sp³-hybridized carbons (Fsp3) is 0.800. The summed E-state index contributed by atoms with van der Waals surface area (Å²) in [6.45, 7) is 10.0. The van der Waals surface area contributed by atoms with E-state index >= 15 is 0 Å². The highest BCUT2D eigenvalue weighted by atomic mass is 16.6. The highest BCUT2D eigenvalue weighted by molar-refractivity contribution is 5.93. The average Bonchev–Trinajstić information content (AvgIpc) is 3.28. The third-order valence-corrected chi connectivity index (χ3v) is 6.08. The molecule has 0 aromatic rings. The van der Waals surface area contributed by atoms with E-state index in [2.05, 4.69) is 20.4 Å². The molecule has 1 heterocycles. The molecule has 2 unspecified atom stereocenters. The lowest BCUT2D eigenvalue weighted by atomic mass is 10.1. The maximum Gasteiger partial charge on any atom is 0.407 e. The second kappa shape index (κ2) is 16.2. The number of aldehydes is 1. The standard InChI is InChI=1S/C25H47N7O6/c1-25(2,3)38-24(37)27-9-11-29(4)12-13-30(5)14-15-31(6)17-22(35)28-20(16-21(26)34)23(36)32-10-7-8-19(32)18-33/h18-20H,7-17H2,1-6H3,(H2,26,34)(H,27,37)(H,28,35). The van der Waals surface area contributed by atoms with E-state index in [1.807, 2.05) is 39.8 Å². The Morgan fingerprint density at radius 3 is 2.16 bits per heavy atom. The molecule has 0 saturated carbocycles. The van der Waals surface area contributed by atoms with Gasteiger partial charge >= 0.3 is 6.09 Å². The number of amides is 4. The van der Waals surface area contributed by atoms with Crippen LogP contribution in [-0.2, 0) is 23.9 Å². The van der Waals surface area contributed by atoms with Crippen molar-refractivity contribution in [2.45, 2.75) is 57.7 Å². The van der Waals surface area contributed by atoms with Crippen LogP contribution in [0.4, 0.5) is 4.79 Å². The summed E-state index contributed by atoms with van der Waals surface area (Å²) in [4.78, 5) is 67.4. The lowest BCUT2D eigenvalue weighted by Gasteiger charge is -2.27. The molecule has 0 aromatic heterocycles. The molecule has 1 aliphatic rings. The molecule has 0 aromatic carbocycles. The Balaban J connectivity index is 2.36. The van der Waals surface area contributed by atoms with E-state index in [1.54, 1.807) is 7.05 Å². The minimum atomic E-state index is -1.09. The van der Waals surface area contributed by atoms with Crippen molar-refractivity contribution >= 4 is 30.1 Å². The summed E-state index contributed by atoms with van der Waals surface area (Å²) in [5, 5.41) is 5.36. The number of rotatable bonds is 16. The summed E-state index contributed by atoms with van der Waals surface area (Å²) < 4.78 is 5.22. The van der Waals surface area contributed by atoms with E-state index in [4.69, 9.17) is 10.5 Å². The van der Waals surface area contributed by atoms with Crippen molar-refractivity contribution in [3.63, 3.8) is 0 Å². The van der Waals surface area contributed by atoms with Gasteiger partial charge < -0.3 is 40.6 Å². The molecule has 1 aliphatic heterocycles. The number of likely N-dealkylation sites (tertiary alicyclic amines) is 1. The van der Waals surface area contributed by atoms with E-state index in [1.165, 1.54) is 4.90 Å². The van der Waals surface area contributed by atoms with Gasteiger partial charge in [-0.25, -0.2) is 4.79 Å². The highest BCUT2D eigenvalue weighted by Crippen LogP contribution is 2.17. The van der Waals surface area contributed by atoms with Gasteiger partial charge in [0.15, 0.2) is 0 Å². The number of hydrogen-bond donors (Lipinski definition) is 3. The molecular weight excluding hydrogens is 494 g/mol. The van der Waals surface area contributed by atoms with Crippen molar-refractivity contribution in [3.05, 3.63) is 0 Å². The summed E-state index contributed by atoms with van der Waals surface area (Å²) in [6, 6.07) is -1.62. The molecule has 0 spiro atoms. The third kappa shape index (κ3) is 13.7. The first-order valence-corrected chi connectivity index (χ1v) is 13.1. The van der Waals surface area contributed by atoms with Gasteiger partial charge in [-0.15, -0.1) is 0 Å². The molecule has 1 saturated heterocycles. The predicted octanol–water partition coefficient (Wildman–Crippen LogP) is -1.14. The van der Waals surface area contributed by atoms with Gasteiger partial charge in [-0.1, -0.05) is 0 Å². The number of nitrogens with zero attached hydrogens (tertiary/aromatic N) is 4. The van der Waals surface area contributed by atoms with Crippen LogP contribution in [0.1, 0.15) is 40.0 Å². The van der Waals surface area contributed by atoms with Crippen LogP contribution >= 0.6 is 0 Å². The fourth-order valence-corrected chi connectivity index (χ4v) is 3.94. The van der Waals surface area contributed by atoms with Crippen molar-refractivity contribution in [2.24, 2.45) is 5.73 Å². The summed E-state index contributed by atoms with van der Waals surface area (Å²) in [5.41, 5.74) is 4.77. The van der Waals surface area contributed by atoms with Gasteiger partial charge in [-0.2, -0.15) is 0 Å². The Kier molecular flexibility index (Phi) is 14.2. The largest absolute Gasteiger partial charge is 0.444 e. The maximum absolute atomic E-state index is 12.9. The Morgan fingerprint density at radius 2 is 1.61 bits per heavy atom. The summed E-state index contributed by atoms with van der Waals surface area (Å²) >= 11 is 0. The third-order valence-electron chi connectivity index (χ3n) is 6.08. The first-order chi connectivity index (χ1) is 17.7. The summed E-state index contributed by atoms with van der Waals surface area (Å²) in [7, 11) is 5.77. The van der Waals surface area contributed by atoms with E-state index in [-0.39, 0.29) is 13.0 Å². The predicted molar refractivity (Wildman–Crippen MR) is 143 cm³/mol. The second-order valence-electron chi connectivity index (χ2n) is 10.9. The van der Waals surface area contributed by atoms with Gasteiger partial charge in [-0.05, 0) is 54.8 Å². The number of hydrogen-bond acceptors (Lipinski definition) is 9. The van der Waals surface area contributed by atoms with Crippen molar-refractivity contribution in [3.8, 4) is 0 Å². The molecule has 13 nitrogen and oxygen atoms in total. The van der Waals surface area contributed by atoms with Gasteiger partial charge in [0.25, 0.3) is 0 Å². The van der Waals surface area contributed by atoms with Crippen molar-refractivity contribution in [1.29, 1.82) is 0 Å². The number of primary amides is 1. The normalized spacial score (nSPS) is 16.6. The quantitative estimate of drug-likeness (QED) is 0.205. The molecule has 4 N–H and O–H groups in total. The maximum atomic E-state index is 12.9. The smallest absolute Gasteiger partial charge is 0.407 e. The minimum absolute atomic E-state index is 0.0454. The molecular formula is C25H47N7O6. The first kappa shape index (κ1) is 33.3. The van der Waals surface area contributed by atoms with E-state index < -0.39 is 41.5 Å². The number of nitrogens with one attached hydrogen (secondary N) is 2. The van der Waals surface area contributed by atoms with Crippen LogP contribution in [0.3, 0.4) is 0 Å². The molecule has 0 radical (unpaired) electrons. The van der Waals surface area contributed by atoms with Crippen LogP contribution in [-0.4, -0.2) is 141 Å². The molecule has 4 amide bonds. The number of nitrogens with two attached hydrogens (primary N) is 1. The van der Waals surface area contributed by atoms with Crippen LogP contribution in [0.15, 0.2) is 0 Å². The van der Waals surface area contributed by atoms with Gasteiger partial charge in [0.2, 0.25) is 17.7 Å². The molecule has 0 bridgehead atoms. The zero-order valence-electron chi connectivity index (χ0n) is 23.8. The molecule has 0 aliphatic carbocycles. The number of alkyl carbamates (subject to hydrolysis) is 1. The van der Waals surface area contributed by atoms with Crippen LogP contribution in [0, 0.1) is 0 Å². The minimum Gasteiger partial charge on any atom is -0.444 e. The number of likely N-dealkylation sites (N-methyl/N-ethyl adjacent to an activating group) is 3. The van der Waals surface area contributed by atoms with Gasteiger partial charge in [0.1, 0.15) is 17.9 Å². The molecule has 2 atom stereocenters. The Hall–Kier alpha value is -2.77. The van der Waals surface area contributed by atoms with Crippen LogP contribution in [0.25, 0.3) is 0 Å². The zero-order chi connectivity index (χ0) is 28.9. The topological polar surface area (TPSA) is 158 Å². The van der Waals surface area contributed by atoms with Crippen molar-refractivity contribution < 1.29 is 28.7 Å². The Bertz CT molecular complexity index is 804. The Morgan fingerprint density at radius 1 is 1.03 bits per heavy atom. The molecule has 13 heteroatoms. The van der Waals surface area contributed by atoms with Gasteiger partial charge in [0.05, 0.1) is 19.0 Å². The molecule has 1 fully saturated rings. The number of carbonyl (C=O) groups is 5. The molecule has 38 heavy (non-hydrogen) atoms. The van der Waals surface area contributed by atoms with E-state index in [0.29, 0.717) is 45.6 Å². The lowest BCUT2D eigenvalue weighted by molar-refractivity contribution is -0.140. The SMILES string of the molecule is CN(CCNC(=O)OC(C)(C)C)CCN(C)CCN(C)CC(=O)NC(CC(N)=O)C(=O)N1CCCC1C=O. The van der Waals surface area contributed by atoms with Crippen LogP contribution in [0.5, 0.6) is 0 Å². The molecule has 1 rings (SSSR count). The molecule has 218 valence electrons. The number of carbonyl (C=O) groups excluding carboxylic acids is 5. The van der Waals surface area contributed by atoms with Crippen molar-refractivity contribution in [2.75, 3.05) is 73.5 Å². The highest BCUT2D eigenvalue weighted by Gasteiger charge is 2.34. The fourth-order valence-electron chi connectivity index (χ4n) is 3.94. The van der Waals surface area contributed by atoms with E-state index in [0.717, 1.165) is 19.4 Å². The van der Waals surface area contributed by atoms with Crippen LogP contribution in [0.2, 0.25) is 0 Å². The lowest BCUT2D eigenvalue weighted by Crippen LogP contribution is -2.53. The van der Waals surface area contributed by atoms with Gasteiger partial charge in [0, 0.05) is 45.8 Å². The average molecular weight is 542 g/mol. The van der Waals surface area contributed by atoms with Gasteiger partial charge in [-0.3, -0.25) is 19.3 Å². The number of ether oxygens (including phenoxy) is 1. The Labute approximate surface area is 226 Å². The first-order valence-electron chi connectivity index (χ1n) is 13.1. The second-order valence-corrected chi connectivity index (χ2v) is 10.9. The summed E-state index contributed by atoms with van der Waals surface area (Å²) in [5.74, 6) is -1.56. The monoisotopic (exact) mass is 541 g/mol. The van der Waals surface area contributed by atoms with Crippen LogP contribution < -0.4 is 16.4 Å². The summed E-state index contributed by atoms with van der Waals surface area (Å²) in [6.07, 6.45) is 1.24. The van der Waals surface area contributed by atoms with Crippen molar-refractivity contribution in [1.82, 2.24) is 30.2 Å².